The van der Waals surface area contributed by atoms with Crippen LogP contribution in [0.5, 0.6) is 0 Å². The fraction of sp³-hybridized carbons (Fsp3) is 0.333. The lowest BCUT2D eigenvalue weighted by Gasteiger charge is -2.14. The van der Waals surface area contributed by atoms with E-state index in [9.17, 15) is 10.0 Å². The number of amides is 1. The highest BCUT2D eigenvalue weighted by Gasteiger charge is 2.14. The smallest absolute Gasteiger partial charge is 0.317 e. The van der Waals surface area contributed by atoms with Crippen LogP contribution in [-0.2, 0) is 13.1 Å². The molecule has 1 aromatic heterocycles. The van der Waals surface area contributed by atoms with E-state index in [4.69, 9.17) is 0 Å². The minimum Gasteiger partial charge on any atom is -0.618 e. The Morgan fingerprint density at radius 1 is 1.09 bits per heavy atom. The van der Waals surface area contributed by atoms with E-state index in [1.807, 2.05) is 12.1 Å². The van der Waals surface area contributed by atoms with Crippen LogP contribution in [-0.4, -0.2) is 23.9 Å². The van der Waals surface area contributed by atoms with Crippen LogP contribution in [0.1, 0.15) is 34.5 Å². The van der Waals surface area contributed by atoms with Gasteiger partial charge in [-0.2, -0.15) is 4.73 Å². The van der Waals surface area contributed by atoms with Crippen LogP contribution in [0, 0.1) is 5.21 Å². The summed E-state index contributed by atoms with van der Waals surface area (Å²) in [5, 5.41) is 14.3. The van der Waals surface area contributed by atoms with Gasteiger partial charge < -0.3 is 10.5 Å². The Bertz CT molecular complexity index is 664. The second-order valence-corrected chi connectivity index (χ2v) is 5.89. The minimum absolute atomic E-state index is 0.109. The van der Waals surface area contributed by atoms with Gasteiger partial charge in [0.25, 0.3) is 5.69 Å². The zero-order valence-corrected chi connectivity index (χ0v) is 13.1. The molecule has 2 heterocycles. The highest BCUT2D eigenvalue weighted by Crippen LogP contribution is 2.13. The predicted molar refractivity (Wildman–Crippen MR) is 87.5 cm³/mol. The normalized spacial score (nSPS) is 14.8. The monoisotopic (exact) mass is 311 g/mol. The SMILES string of the molecule is O=C(NCc1ccc(CN2CCCC2)cc1)c1cccc[n+]1[O-]. The van der Waals surface area contributed by atoms with Crippen LogP contribution in [0.3, 0.4) is 0 Å². The molecule has 0 radical (unpaired) electrons. The summed E-state index contributed by atoms with van der Waals surface area (Å²) in [6.45, 7) is 3.78. The van der Waals surface area contributed by atoms with Gasteiger partial charge in [-0.3, -0.25) is 9.69 Å². The number of pyridine rings is 1. The molecule has 0 saturated carbocycles. The van der Waals surface area contributed by atoms with E-state index < -0.39 is 0 Å². The van der Waals surface area contributed by atoms with Crippen LogP contribution in [0.15, 0.2) is 48.7 Å². The van der Waals surface area contributed by atoms with Crippen molar-refractivity contribution in [2.45, 2.75) is 25.9 Å². The molecule has 1 saturated heterocycles. The Balaban J connectivity index is 1.54. The molecule has 1 aliphatic heterocycles. The van der Waals surface area contributed by atoms with Crippen LogP contribution in [0.25, 0.3) is 0 Å². The average Bonchev–Trinajstić information content (AvgIpc) is 3.07. The zero-order valence-electron chi connectivity index (χ0n) is 13.1. The van der Waals surface area contributed by atoms with Crippen molar-refractivity contribution >= 4 is 5.91 Å². The molecule has 2 aromatic rings. The van der Waals surface area contributed by atoms with Gasteiger partial charge >= 0.3 is 5.91 Å². The number of carbonyl (C=O) groups is 1. The average molecular weight is 311 g/mol. The lowest BCUT2D eigenvalue weighted by molar-refractivity contribution is -0.607. The van der Waals surface area contributed by atoms with Crippen LogP contribution in [0.4, 0.5) is 0 Å². The molecule has 23 heavy (non-hydrogen) atoms. The molecule has 0 bridgehead atoms. The molecule has 0 unspecified atom stereocenters. The molecule has 1 fully saturated rings. The van der Waals surface area contributed by atoms with Gasteiger partial charge in [0, 0.05) is 25.2 Å². The highest BCUT2D eigenvalue weighted by molar-refractivity contribution is 5.90. The third-order valence-corrected chi connectivity index (χ3v) is 4.14. The first-order chi connectivity index (χ1) is 11.2. The number of benzene rings is 1. The zero-order chi connectivity index (χ0) is 16.1. The van der Waals surface area contributed by atoms with Crippen molar-refractivity contribution in [1.82, 2.24) is 10.2 Å². The maximum absolute atomic E-state index is 12.0. The maximum Gasteiger partial charge on any atom is 0.317 e. The standard InChI is InChI=1S/C18H21N3O2/c22-18(17-5-1-2-12-21(17)23)19-13-15-6-8-16(9-7-15)14-20-10-3-4-11-20/h1-2,5-9,12H,3-4,10-11,13-14H2,(H,19,22). The van der Waals surface area contributed by atoms with Gasteiger partial charge in [0.05, 0.1) is 0 Å². The number of hydrogen-bond donors (Lipinski definition) is 1. The van der Waals surface area contributed by atoms with Gasteiger partial charge in [0.2, 0.25) is 0 Å². The molecule has 0 spiro atoms. The number of hydrogen-bond acceptors (Lipinski definition) is 3. The molecule has 5 nitrogen and oxygen atoms in total. The number of rotatable bonds is 5. The molecule has 1 aliphatic rings. The number of aromatic nitrogens is 1. The van der Waals surface area contributed by atoms with Crippen molar-refractivity contribution in [2.24, 2.45) is 0 Å². The fourth-order valence-electron chi connectivity index (χ4n) is 2.84. The van der Waals surface area contributed by atoms with E-state index in [1.165, 1.54) is 43.8 Å². The van der Waals surface area contributed by atoms with E-state index in [0.29, 0.717) is 11.3 Å². The third kappa shape index (κ3) is 4.07. The number of nitrogens with one attached hydrogen (secondary N) is 1. The Labute approximate surface area is 136 Å². The largest absolute Gasteiger partial charge is 0.618 e. The molecule has 1 amide bonds. The van der Waals surface area contributed by atoms with Gasteiger partial charge in [-0.15, -0.1) is 0 Å². The van der Waals surface area contributed by atoms with Crippen LogP contribution in [0.2, 0.25) is 0 Å². The van der Waals surface area contributed by atoms with E-state index in [-0.39, 0.29) is 11.6 Å². The second-order valence-electron chi connectivity index (χ2n) is 5.89. The molecular formula is C18H21N3O2. The Kier molecular flexibility index (Phi) is 4.88. The topological polar surface area (TPSA) is 59.3 Å². The maximum atomic E-state index is 12.0. The summed E-state index contributed by atoms with van der Waals surface area (Å²) >= 11 is 0. The lowest BCUT2D eigenvalue weighted by atomic mass is 10.1. The van der Waals surface area contributed by atoms with E-state index in [2.05, 4.69) is 22.3 Å². The van der Waals surface area contributed by atoms with Gasteiger partial charge in [0.1, 0.15) is 0 Å². The van der Waals surface area contributed by atoms with E-state index in [0.717, 1.165) is 12.1 Å². The predicted octanol–water partition coefficient (Wildman–Crippen LogP) is 1.85. The van der Waals surface area contributed by atoms with Crippen molar-refractivity contribution < 1.29 is 9.52 Å². The first kappa shape index (κ1) is 15.5. The fourth-order valence-corrected chi connectivity index (χ4v) is 2.84. The summed E-state index contributed by atoms with van der Waals surface area (Å²) in [5.41, 5.74) is 2.43. The molecule has 3 rings (SSSR count). The third-order valence-electron chi connectivity index (χ3n) is 4.14. The Morgan fingerprint density at radius 3 is 2.48 bits per heavy atom. The number of carbonyl (C=O) groups excluding carboxylic acids is 1. The molecule has 0 atom stereocenters. The van der Waals surface area contributed by atoms with Crippen molar-refractivity contribution in [2.75, 3.05) is 13.1 Å². The van der Waals surface area contributed by atoms with E-state index in [1.54, 1.807) is 12.1 Å². The van der Waals surface area contributed by atoms with Crippen LogP contribution >= 0.6 is 0 Å². The van der Waals surface area contributed by atoms with Gasteiger partial charge in [-0.1, -0.05) is 24.3 Å². The first-order valence-electron chi connectivity index (χ1n) is 7.99. The quantitative estimate of drug-likeness (QED) is 0.677. The second kappa shape index (κ2) is 7.24. The summed E-state index contributed by atoms with van der Waals surface area (Å²) in [4.78, 5) is 14.5. The molecule has 0 aliphatic carbocycles. The summed E-state index contributed by atoms with van der Waals surface area (Å²) in [6.07, 6.45) is 3.91. The van der Waals surface area contributed by atoms with Gasteiger partial charge in [-0.05, 0) is 43.1 Å². The summed E-state index contributed by atoms with van der Waals surface area (Å²) < 4.78 is 0.578. The summed E-state index contributed by atoms with van der Waals surface area (Å²) in [7, 11) is 0. The van der Waals surface area contributed by atoms with Gasteiger partial charge in [0.15, 0.2) is 6.20 Å². The van der Waals surface area contributed by atoms with Crippen molar-refractivity contribution in [3.8, 4) is 0 Å². The number of likely N-dealkylation sites (tertiary alicyclic amines) is 1. The molecular weight excluding hydrogens is 290 g/mol. The van der Waals surface area contributed by atoms with Gasteiger partial charge in [-0.25, -0.2) is 0 Å². The molecule has 1 aromatic carbocycles. The molecule has 1 N–H and O–H groups in total. The minimum atomic E-state index is -0.359. The first-order valence-corrected chi connectivity index (χ1v) is 7.99. The van der Waals surface area contributed by atoms with Crippen molar-refractivity contribution in [3.05, 3.63) is 70.7 Å². The van der Waals surface area contributed by atoms with E-state index >= 15 is 0 Å². The summed E-state index contributed by atoms with van der Waals surface area (Å²) in [5.74, 6) is -0.359. The molecule has 120 valence electrons. The highest BCUT2D eigenvalue weighted by atomic mass is 16.5. The van der Waals surface area contributed by atoms with Crippen molar-refractivity contribution in [1.29, 1.82) is 0 Å². The molecule has 5 heteroatoms. The summed E-state index contributed by atoms with van der Waals surface area (Å²) in [6, 6.07) is 13.1. The van der Waals surface area contributed by atoms with Crippen LogP contribution < -0.4 is 10.0 Å². The lowest BCUT2D eigenvalue weighted by Crippen LogP contribution is -2.38. The van der Waals surface area contributed by atoms with Crippen molar-refractivity contribution in [3.63, 3.8) is 0 Å². The Hall–Kier alpha value is -2.40. The Morgan fingerprint density at radius 2 is 1.78 bits per heavy atom. The number of nitrogens with zero attached hydrogens (tertiary/aromatic N) is 2.